The molecule has 9 rings (SSSR count). The van der Waals surface area contributed by atoms with E-state index in [4.69, 9.17) is 18.8 Å². The first-order chi connectivity index (χ1) is 19.3. The number of nitrogens with zero attached hydrogens (tertiary/aromatic N) is 3. The largest absolute Gasteiger partial charge is 0.454 e. The molecule has 5 aromatic carbocycles. The first kappa shape index (κ1) is 20.6. The van der Waals surface area contributed by atoms with Gasteiger partial charge in [0.25, 0.3) is 0 Å². The van der Waals surface area contributed by atoms with Crippen LogP contribution in [0.2, 0.25) is 0 Å². The van der Waals surface area contributed by atoms with Gasteiger partial charge >= 0.3 is 0 Å². The van der Waals surface area contributed by atoms with E-state index in [1.54, 1.807) is 0 Å². The van der Waals surface area contributed by atoms with Gasteiger partial charge in [0.05, 0.1) is 5.52 Å². The van der Waals surface area contributed by atoms with E-state index in [2.05, 4.69) is 65.2 Å². The highest BCUT2D eigenvalue weighted by Gasteiger charge is 2.23. The summed E-state index contributed by atoms with van der Waals surface area (Å²) in [7, 11) is 0. The Labute approximate surface area is 221 Å². The number of hydrogen-bond acceptors (Lipinski definition) is 4. The Hall–Kier alpha value is -5.42. The Bertz CT molecular complexity index is 2390. The predicted molar refractivity (Wildman–Crippen MR) is 156 cm³/mol. The number of furan rings is 2. The van der Waals surface area contributed by atoms with Crippen molar-refractivity contribution in [2.75, 3.05) is 0 Å². The highest BCUT2D eigenvalue weighted by Crippen LogP contribution is 2.41. The maximum atomic E-state index is 6.52. The average Bonchev–Trinajstić information content (AvgIpc) is 3.66. The molecular weight excluding hydrogens is 482 g/mol. The molecule has 0 atom stereocenters. The first-order valence-electron chi connectivity index (χ1n) is 12.9. The minimum Gasteiger partial charge on any atom is -0.454 e. The Morgan fingerprint density at radius 2 is 1.13 bits per heavy atom. The molecule has 5 nitrogen and oxygen atoms in total. The lowest BCUT2D eigenvalue weighted by molar-refractivity contribution is 0.666. The number of rotatable bonds is 2. The van der Waals surface area contributed by atoms with Crippen molar-refractivity contribution < 1.29 is 8.83 Å². The lowest BCUT2D eigenvalue weighted by Crippen LogP contribution is -2.03. The monoisotopic (exact) mass is 501 g/mol. The van der Waals surface area contributed by atoms with Gasteiger partial charge in [-0.05, 0) is 30.3 Å². The lowest BCUT2D eigenvalue weighted by atomic mass is 10.1. The molecule has 0 unspecified atom stereocenters. The molecule has 0 saturated carbocycles. The van der Waals surface area contributed by atoms with Gasteiger partial charge in [0.2, 0.25) is 5.95 Å². The SMILES string of the molecule is c1ccc(-c2nc(-n3c4ccccc4c4ccc5c6ccccc6oc5c43)nc3c2oc2ccccc23)cc1. The van der Waals surface area contributed by atoms with Crippen molar-refractivity contribution in [2.45, 2.75) is 0 Å². The summed E-state index contributed by atoms with van der Waals surface area (Å²) < 4.78 is 15.0. The van der Waals surface area contributed by atoms with Crippen LogP contribution < -0.4 is 0 Å². The van der Waals surface area contributed by atoms with Gasteiger partial charge in [0.1, 0.15) is 27.9 Å². The van der Waals surface area contributed by atoms with E-state index < -0.39 is 0 Å². The molecule has 0 N–H and O–H groups in total. The van der Waals surface area contributed by atoms with Crippen LogP contribution in [0.25, 0.3) is 83.0 Å². The number of aromatic nitrogens is 3. The molecule has 0 aliphatic carbocycles. The summed E-state index contributed by atoms with van der Waals surface area (Å²) in [6.07, 6.45) is 0. The van der Waals surface area contributed by atoms with E-state index >= 15 is 0 Å². The van der Waals surface area contributed by atoms with Gasteiger partial charge in [-0.1, -0.05) is 84.9 Å². The lowest BCUT2D eigenvalue weighted by Gasteiger charge is -2.09. The van der Waals surface area contributed by atoms with E-state index in [9.17, 15) is 0 Å². The van der Waals surface area contributed by atoms with Crippen LogP contribution >= 0.6 is 0 Å². The Kier molecular flexibility index (Phi) is 3.99. The average molecular weight is 502 g/mol. The van der Waals surface area contributed by atoms with Crippen molar-refractivity contribution in [2.24, 2.45) is 0 Å². The van der Waals surface area contributed by atoms with Crippen molar-refractivity contribution >= 4 is 65.8 Å². The summed E-state index contributed by atoms with van der Waals surface area (Å²) in [5, 5.41) is 5.34. The summed E-state index contributed by atoms with van der Waals surface area (Å²) in [6.45, 7) is 0. The molecule has 4 heterocycles. The summed E-state index contributed by atoms with van der Waals surface area (Å²) >= 11 is 0. The van der Waals surface area contributed by atoms with E-state index in [0.717, 1.165) is 71.5 Å². The second-order valence-corrected chi connectivity index (χ2v) is 9.80. The highest BCUT2D eigenvalue weighted by molar-refractivity contribution is 6.21. The normalized spacial score (nSPS) is 12.1. The maximum absolute atomic E-state index is 6.52. The zero-order chi connectivity index (χ0) is 25.5. The number of hydrogen-bond donors (Lipinski definition) is 0. The molecule has 0 spiro atoms. The van der Waals surface area contributed by atoms with Gasteiger partial charge < -0.3 is 8.83 Å². The van der Waals surface area contributed by atoms with Gasteiger partial charge in [0.15, 0.2) is 11.2 Å². The van der Waals surface area contributed by atoms with Crippen LogP contribution in [0.15, 0.2) is 124 Å². The minimum atomic E-state index is 0.576. The Balaban J connectivity index is 1.49. The number of benzene rings is 5. The van der Waals surface area contributed by atoms with Gasteiger partial charge in [-0.25, -0.2) is 9.97 Å². The van der Waals surface area contributed by atoms with Crippen molar-refractivity contribution in [3.63, 3.8) is 0 Å². The Morgan fingerprint density at radius 1 is 0.487 bits per heavy atom. The van der Waals surface area contributed by atoms with Gasteiger partial charge in [-0.3, -0.25) is 4.57 Å². The smallest absolute Gasteiger partial charge is 0.236 e. The van der Waals surface area contributed by atoms with E-state index in [1.165, 1.54) is 0 Å². The van der Waals surface area contributed by atoms with E-state index in [0.29, 0.717) is 11.5 Å². The van der Waals surface area contributed by atoms with Crippen LogP contribution in [0, 0.1) is 0 Å². The molecule has 0 fully saturated rings. The molecular formula is C34H19N3O2. The highest BCUT2D eigenvalue weighted by atomic mass is 16.3. The molecule has 0 saturated heterocycles. The summed E-state index contributed by atoms with van der Waals surface area (Å²) in [5.41, 5.74) is 7.65. The Morgan fingerprint density at radius 3 is 1.97 bits per heavy atom. The van der Waals surface area contributed by atoms with Gasteiger partial charge in [-0.2, -0.15) is 0 Å². The van der Waals surface area contributed by atoms with E-state index in [-0.39, 0.29) is 0 Å². The predicted octanol–water partition coefficient (Wildman–Crippen LogP) is 9.04. The third kappa shape index (κ3) is 2.79. The standard InChI is InChI=1S/C34H19N3O2/c1-2-10-20(11-3-1)29-33-30(25-14-6-9-17-28(25)39-33)36-34(35-29)37-26-15-7-4-12-21(26)23-18-19-24-22-13-5-8-16-27(22)38-32(24)31(23)37/h1-19H. The molecule has 9 aromatic rings. The minimum absolute atomic E-state index is 0.576. The van der Waals surface area contributed by atoms with Crippen LogP contribution in [0.3, 0.4) is 0 Å². The number of para-hydroxylation sites is 3. The van der Waals surface area contributed by atoms with Crippen molar-refractivity contribution in [3.05, 3.63) is 115 Å². The fourth-order valence-corrected chi connectivity index (χ4v) is 5.91. The topological polar surface area (TPSA) is 57.0 Å². The van der Waals surface area contributed by atoms with Crippen molar-refractivity contribution in [1.82, 2.24) is 14.5 Å². The zero-order valence-electron chi connectivity index (χ0n) is 20.6. The fourth-order valence-electron chi connectivity index (χ4n) is 5.91. The quantitative estimate of drug-likeness (QED) is 0.237. The molecule has 182 valence electrons. The molecule has 4 aromatic heterocycles. The van der Waals surface area contributed by atoms with Crippen molar-refractivity contribution in [1.29, 1.82) is 0 Å². The van der Waals surface area contributed by atoms with Crippen LogP contribution in [-0.2, 0) is 0 Å². The second kappa shape index (κ2) is 7.55. The van der Waals surface area contributed by atoms with Crippen LogP contribution in [0.5, 0.6) is 0 Å². The van der Waals surface area contributed by atoms with Crippen LogP contribution in [0.4, 0.5) is 0 Å². The molecule has 0 aliphatic heterocycles. The molecule has 0 bridgehead atoms. The molecule has 5 heteroatoms. The molecule has 0 aliphatic rings. The molecule has 0 radical (unpaired) electrons. The second-order valence-electron chi connectivity index (χ2n) is 9.80. The van der Waals surface area contributed by atoms with Crippen molar-refractivity contribution in [3.8, 4) is 17.2 Å². The van der Waals surface area contributed by atoms with Gasteiger partial charge in [-0.15, -0.1) is 0 Å². The maximum Gasteiger partial charge on any atom is 0.236 e. The van der Waals surface area contributed by atoms with Crippen LogP contribution in [-0.4, -0.2) is 14.5 Å². The van der Waals surface area contributed by atoms with Gasteiger partial charge in [0, 0.05) is 32.5 Å². The number of fused-ring (bicyclic) bond motifs is 10. The fraction of sp³-hybridized carbons (Fsp3) is 0. The molecule has 0 amide bonds. The zero-order valence-corrected chi connectivity index (χ0v) is 20.6. The third-order valence-electron chi connectivity index (χ3n) is 7.63. The first-order valence-corrected chi connectivity index (χ1v) is 12.9. The molecule has 39 heavy (non-hydrogen) atoms. The summed E-state index contributed by atoms with van der Waals surface area (Å²) in [6, 6.07) is 39.1. The third-order valence-corrected chi connectivity index (χ3v) is 7.63. The summed E-state index contributed by atoms with van der Waals surface area (Å²) in [5.74, 6) is 0.576. The summed E-state index contributed by atoms with van der Waals surface area (Å²) in [4.78, 5) is 10.4. The van der Waals surface area contributed by atoms with Crippen LogP contribution in [0.1, 0.15) is 0 Å². The van der Waals surface area contributed by atoms with E-state index in [1.807, 2.05) is 54.6 Å².